The van der Waals surface area contributed by atoms with Crippen molar-refractivity contribution in [3.63, 3.8) is 0 Å². The molecule has 5 heteroatoms. The highest BCUT2D eigenvalue weighted by atomic mass is 16.2. The molecule has 1 heterocycles. The zero-order chi connectivity index (χ0) is 19.1. The molecular formula is C23H23N3O2. The lowest BCUT2D eigenvalue weighted by Crippen LogP contribution is -2.41. The number of amides is 1. The number of carbonyl (C=O) groups is 1. The smallest absolute Gasteiger partial charge is 0.269 e. The van der Waals surface area contributed by atoms with E-state index in [9.17, 15) is 9.59 Å². The van der Waals surface area contributed by atoms with Crippen LogP contribution in [-0.2, 0) is 17.8 Å². The van der Waals surface area contributed by atoms with Crippen molar-refractivity contribution in [1.29, 1.82) is 0 Å². The Labute approximate surface area is 163 Å². The molecule has 142 valence electrons. The number of carbonyl (C=O) groups excluding carboxylic acids is 1. The quantitative estimate of drug-likeness (QED) is 0.704. The molecule has 5 nitrogen and oxygen atoms in total. The summed E-state index contributed by atoms with van der Waals surface area (Å²) in [6.45, 7) is 0.0665. The van der Waals surface area contributed by atoms with Crippen LogP contribution < -0.4 is 5.56 Å². The molecule has 0 aliphatic heterocycles. The molecule has 1 fully saturated rings. The fraction of sp³-hybridized carbons (Fsp3) is 0.348. The van der Waals surface area contributed by atoms with Gasteiger partial charge in [-0.1, -0.05) is 36.4 Å². The standard InChI is InChI=1S/C23H23N3O2/c27-22-14-24-19-9-3-4-10-21(19)25(22)15-23(28)26(17-12-13-17)20-11-5-7-16-6-1-2-8-18(16)20/h1-4,6,8-10,14,17,20H,5,7,11-13,15H2. The molecular weight excluding hydrogens is 350 g/mol. The van der Waals surface area contributed by atoms with Crippen molar-refractivity contribution in [1.82, 2.24) is 14.5 Å². The molecule has 0 bridgehead atoms. The summed E-state index contributed by atoms with van der Waals surface area (Å²) in [6.07, 6.45) is 6.58. The van der Waals surface area contributed by atoms with Gasteiger partial charge in [-0.05, 0) is 55.4 Å². The summed E-state index contributed by atoms with van der Waals surface area (Å²) in [5, 5.41) is 0. The zero-order valence-corrected chi connectivity index (χ0v) is 15.8. The molecule has 1 aromatic heterocycles. The number of aromatic nitrogens is 2. The Morgan fingerprint density at radius 2 is 1.86 bits per heavy atom. The van der Waals surface area contributed by atoms with Gasteiger partial charge in [0.2, 0.25) is 5.91 Å². The zero-order valence-electron chi connectivity index (χ0n) is 15.8. The van der Waals surface area contributed by atoms with Gasteiger partial charge in [0.25, 0.3) is 5.56 Å². The summed E-state index contributed by atoms with van der Waals surface area (Å²) < 4.78 is 1.56. The number of aryl methyl sites for hydroxylation is 1. The second kappa shape index (κ2) is 6.89. The minimum Gasteiger partial charge on any atom is -0.331 e. The summed E-state index contributed by atoms with van der Waals surface area (Å²) in [5.41, 5.74) is 3.84. The van der Waals surface area contributed by atoms with Crippen LogP contribution in [0.1, 0.15) is 42.9 Å². The van der Waals surface area contributed by atoms with E-state index < -0.39 is 0 Å². The Hall–Kier alpha value is -2.95. The number of rotatable bonds is 4. The molecule has 0 radical (unpaired) electrons. The molecule has 1 unspecified atom stereocenters. The lowest BCUT2D eigenvalue weighted by Gasteiger charge is -2.36. The van der Waals surface area contributed by atoms with Gasteiger partial charge in [0.1, 0.15) is 6.54 Å². The van der Waals surface area contributed by atoms with Gasteiger partial charge in [0.05, 0.1) is 23.3 Å². The van der Waals surface area contributed by atoms with Crippen LogP contribution >= 0.6 is 0 Å². The number of nitrogens with zero attached hydrogens (tertiary/aromatic N) is 3. The highest BCUT2D eigenvalue weighted by Gasteiger charge is 2.39. The first-order chi connectivity index (χ1) is 13.7. The van der Waals surface area contributed by atoms with Crippen LogP contribution in [0.5, 0.6) is 0 Å². The number of benzene rings is 2. The van der Waals surface area contributed by atoms with Gasteiger partial charge < -0.3 is 4.90 Å². The van der Waals surface area contributed by atoms with Crippen molar-refractivity contribution >= 4 is 16.9 Å². The molecule has 2 aliphatic rings. The maximum atomic E-state index is 13.4. The van der Waals surface area contributed by atoms with E-state index in [1.807, 2.05) is 24.3 Å². The van der Waals surface area contributed by atoms with Crippen molar-refractivity contribution in [3.8, 4) is 0 Å². The second-order valence-electron chi connectivity index (χ2n) is 7.81. The van der Waals surface area contributed by atoms with Crippen LogP contribution in [0.4, 0.5) is 0 Å². The molecule has 2 aromatic carbocycles. The van der Waals surface area contributed by atoms with E-state index in [1.165, 1.54) is 17.3 Å². The molecule has 0 saturated heterocycles. The van der Waals surface area contributed by atoms with Gasteiger partial charge in [0, 0.05) is 6.04 Å². The Kier molecular flexibility index (Phi) is 4.23. The first kappa shape index (κ1) is 17.2. The third-order valence-electron chi connectivity index (χ3n) is 5.95. The van der Waals surface area contributed by atoms with Crippen LogP contribution in [0.15, 0.2) is 59.5 Å². The van der Waals surface area contributed by atoms with E-state index in [4.69, 9.17) is 0 Å². The van der Waals surface area contributed by atoms with Gasteiger partial charge in [-0.15, -0.1) is 0 Å². The predicted octanol–water partition coefficient (Wildman–Crippen LogP) is 3.47. The van der Waals surface area contributed by atoms with Crippen molar-refractivity contribution in [2.24, 2.45) is 0 Å². The van der Waals surface area contributed by atoms with Crippen molar-refractivity contribution in [3.05, 3.63) is 76.2 Å². The van der Waals surface area contributed by atoms with Crippen LogP contribution in [0, 0.1) is 0 Å². The van der Waals surface area contributed by atoms with Crippen molar-refractivity contribution in [2.75, 3.05) is 0 Å². The molecule has 0 N–H and O–H groups in total. The van der Waals surface area contributed by atoms with Crippen molar-refractivity contribution in [2.45, 2.75) is 50.7 Å². The molecule has 3 aromatic rings. The van der Waals surface area contributed by atoms with Crippen LogP contribution in [-0.4, -0.2) is 26.4 Å². The van der Waals surface area contributed by atoms with E-state index >= 15 is 0 Å². The normalized spacial score (nSPS) is 18.6. The summed E-state index contributed by atoms with van der Waals surface area (Å²) in [4.78, 5) is 32.2. The molecule has 1 saturated carbocycles. The van der Waals surface area contributed by atoms with E-state index in [-0.39, 0.29) is 24.1 Å². The molecule has 0 spiro atoms. The van der Waals surface area contributed by atoms with Gasteiger partial charge in [-0.2, -0.15) is 0 Å². The minimum atomic E-state index is -0.230. The number of fused-ring (bicyclic) bond motifs is 2. The maximum Gasteiger partial charge on any atom is 0.269 e. The van der Waals surface area contributed by atoms with E-state index in [2.05, 4.69) is 34.1 Å². The fourth-order valence-electron chi connectivity index (χ4n) is 4.50. The first-order valence-corrected chi connectivity index (χ1v) is 10.1. The largest absolute Gasteiger partial charge is 0.331 e. The molecule has 5 rings (SSSR count). The van der Waals surface area contributed by atoms with Gasteiger partial charge in [0.15, 0.2) is 0 Å². The summed E-state index contributed by atoms with van der Waals surface area (Å²) in [7, 11) is 0. The average Bonchev–Trinajstić information content (AvgIpc) is 3.56. The third-order valence-corrected chi connectivity index (χ3v) is 5.95. The lowest BCUT2D eigenvalue weighted by molar-refractivity contribution is -0.135. The van der Waals surface area contributed by atoms with Crippen molar-refractivity contribution < 1.29 is 4.79 Å². The molecule has 1 atom stereocenters. The topological polar surface area (TPSA) is 55.2 Å². The second-order valence-corrected chi connectivity index (χ2v) is 7.81. The molecule has 2 aliphatic carbocycles. The van der Waals surface area contributed by atoms with E-state index in [1.54, 1.807) is 4.57 Å². The Balaban J connectivity index is 1.51. The fourth-order valence-corrected chi connectivity index (χ4v) is 4.50. The minimum absolute atomic E-state index is 0.0302. The van der Waals surface area contributed by atoms with Crippen LogP contribution in [0.2, 0.25) is 0 Å². The van der Waals surface area contributed by atoms with Gasteiger partial charge in [-0.25, -0.2) is 4.98 Å². The Bertz CT molecular complexity index is 1100. The Morgan fingerprint density at radius 3 is 2.71 bits per heavy atom. The summed E-state index contributed by atoms with van der Waals surface area (Å²) in [6, 6.07) is 16.4. The van der Waals surface area contributed by atoms with Crippen LogP contribution in [0.25, 0.3) is 11.0 Å². The van der Waals surface area contributed by atoms with Crippen LogP contribution in [0.3, 0.4) is 0 Å². The number of hydrogen-bond acceptors (Lipinski definition) is 3. The monoisotopic (exact) mass is 373 g/mol. The highest BCUT2D eigenvalue weighted by molar-refractivity contribution is 5.81. The maximum absolute atomic E-state index is 13.4. The number of para-hydroxylation sites is 2. The SMILES string of the molecule is O=C(Cn1c(=O)cnc2ccccc21)N(C1CC1)C1CCCc2ccccc21. The summed E-state index contributed by atoms with van der Waals surface area (Å²) in [5.74, 6) is 0.0302. The van der Waals surface area contributed by atoms with E-state index in [0.29, 0.717) is 11.6 Å². The third kappa shape index (κ3) is 3.01. The summed E-state index contributed by atoms with van der Waals surface area (Å²) >= 11 is 0. The highest BCUT2D eigenvalue weighted by Crippen LogP contribution is 2.40. The Morgan fingerprint density at radius 1 is 1.07 bits per heavy atom. The molecule has 28 heavy (non-hydrogen) atoms. The lowest BCUT2D eigenvalue weighted by atomic mass is 9.86. The first-order valence-electron chi connectivity index (χ1n) is 10.1. The number of hydrogen-bond donors (Lipinski definition) is 0. The van der Waals surface area contributed by atoms with Gasteiger partial charge >= 0.3 is 0 Å². The molecule has 1 amide bonds. The average molecular weight is 373 g/mol. The predicted molar refractivity (Wildman–Crippen MR) is 108 cm³/mol. The van der Waals surface area contributed by atoms with E-state index in [0.717, 1.165) is 37.6 Å². The van der Waals surface area contributed by atoms with Gasteiger partial charge in [-0.3, -0.25) is 14.2 Å².